The molecule has 228 valence electrons. The molecule has 38 heavy (non-hydrogen) atoms. The molecule has 8 nitrogen and oxygen atoms in total. The Bertz CT molecular complexity index is 598. The lowest BCUT2D eigenvalue weighted by Crippen LogP contribution is -2.37. The monoisotopic (exact) mass is 566 g/mol. The van der Waals surface area contributed by atoms with Gasteiger partial charge >= 0.3 is 13.8 Å². The van der Waals surface area contributed by atoms with Gasteiger partial charge in [0.1, 0.15) is 25.9 Å². The van der Waals surface area contributed by atoms with E-state index in [0.717, 1.165) is 19.3 Å². The fourth-order valence-electron chi connectivity index (χ4n) is 4.13. The van der Waals surface area contributed by atoms with Gasteiger partial charge in [0.25, 0.3) is 0 Å². The highest BCUT2D eigenvalue weighted by atomic mass is 31.2. The van der Waals surface area contributed by atoms with Crippen LogP contribution < -0.4 is 0 Å². The van der Waals surface area contributed by atoms with E-state index in [1.165, 1.54) is 96.3 Å². The van der Waals surface area contributed by atoms with Crippen LogP contribution in [0.2, 0.25) is 0 Å². The lowest BCUT2D eigenvalue weighted by atomic mass is 10.0. The van der Waals surface area contributed by atoms with Gasteiger partial charge in [0.05, 0.1) is 27.7 Å². The molecule has 0 aliphatic heterocycles. The van der Waals surface area contributed by atoms with Gasteiger partial charge in [-0.2, -0.15) is 0 Å². The lowest BCUT2D eigenvalue weighted by Gasteiger charge is -2.24. The van der Waals surface area contributed by atoms with E-state index in [-0.39, 0.29) is 19.2 Å². The summed E-state index contributed by atoms with van der Waals surface area (Å²) in [6.45, 7) is 2.16. The van der Waals surface area contributed by atoms with Crippen molar-refractivity contribution in [2.24, 2.45) is 0 Å². The molecule has 0 saturated carbocycles. The second-order valence-corrected chi connectivity index (χ2v) is 13.2. The number of rotatable bonds is 28. The summed E-state index contributed by atoms with van der Waals surface area (Å²) in [6, 6.07) is 0. The standard InChI is InChI=1S/C29H60NO7P/c1-5-6-7-8-9-10-11-12-13-14-15-16-17-18-19-20-21-22-23-29(32)35-26-28(31)27-37-38(33,34)36-25-24-30(2,3)4/h28,31H,5-27H2,1-4H3/p+1. The first kappa shape index (κ1) is 37.5. The second-order valence-electron chi connectivity index (χ2n) is 11.7. The van der Waals surface area contributed by atoms with Crippen LogP contribution in [-0.4, -0.2) is 74.1 Å². The topological polar surface area (TPSA) is 102 Å². The number of quaternary nitrogens is 1. The number of likely N-dealkylation sites (N-methyl/N-ethyl adjacent to an activating group) is 1. The maximum atomic E-state index is 11.9. The number of unbranched alkanes of at least 4 members (excludes halogenated alkanes) is 17. The second kappa shape index (κ2) is 24.3. The number of nitrogens with zero attached hydrogens (tertiary/aromatic N) is 1. The number of ether oxygens (including phenoxy) is 1. The minimum atomic E-state index is -4.24. The molecule has 0 rings (SSSR count). The predicted molar refractivity (Wildman–Crippen MR) is 155 cm³/mol. The largest absolute Gasteiger partial charge is 0.472 e. The normalized spacial score (nSPS) is 14.4. The van der Waals surface area contributed by atoms with Crippen LogP contribution in [0.5, 0.6) is 0 Å². The number of hydrogen-bond acceptors (Lipinski definition) is 6. The molecule has 0 aromatic rings. The van der Waals surface area contributed by atoms with Gasteiger partial charge in [-0.15, -0.1) is 0 Å². The van der Waals surface area contributed by atoms with Gasteiger partial charge in [0, 0.05) is 6.42 Å². The van der Waals surface area contributed by atoms with Crippen molar-refractivity contribution in [2.45, 2.75) is 135 Å². The molecule has 0 aliphatic rings. The first-order valence-electron chi connectivity index (χ1n) is 15.3. The molecule has 0 saturated heterocycles. The van der Waals surface area contributed by atoms with Gasteiger partial charge in [-0.3, -0.25) is 13.8 Å². The Morgan fingerprint density at radius 2 is 1.13 bits per heavy atom. The molecule has 2 N–H and O–H groups in total. The summed E-state index contributed by atoms with van der Waals surface area (Å²) in [4.78, 5) is 21.5. The van der Waals surface area contributed by atoms with E-state index in [9.17, 15) is 19.4 Å². The van der Waals surface area contributed by atoms with Gasteiger partial charge in [-0.1, -0.05) is 116 Å². The van der Waals surface area contributed by atoms with Crippen LogP contribution in [0, 0.1) is 0 Å². The van der Waals surface area contributed by atoms with Crippen LogP contribution in [0.15, 0.2) is 0 Å². The quantitative estimate of drug-likeness (QED) is 0.0448. The Morgan fingerprint density at radius 1 is 0.711 bits per heavy atom. The van der Waals surface area contributed by atoms with Crippen molar-refractivity contribution >= 4 is 13.8 Å². The van der Waals surface area contributed by atoms with Crippen LogP contribution in [0.3, 0.4) is 0 Å². The summed E-state index contributed by atoms with van der Waals surface area (Å²) in [6.07, 6.45) is 22.5. The van der Waals surface area contributed by atoms with E-state index in [0.29, 0.717) is 17.4 Å². The molecule has 0 spiro atoms. The third-order valence-electron chi connectivity index (χ3n) is 6.62. The van der Waals surface area contributed by atoms with Crippen molar-refractivity contribution in [3.8, 4) is 0 Å². The molecule has 0 aliphatic carbocycles. The average molecular weight is 567 g/mol. The van der Waals surface area contributed by atoms with Crippen molar-refractivity contribution in [1.82, 2.24) is 0 Å². The molecular formula is C29H61NO7P+. The number of phosphoric acid groups is 1. The smallest absolute Gasteiger partial charge is 0.463 e. The van der Waals surface area contributed by atoms with E-state index >= 15 is 0 Å². The number of carbonyl (C=O) groups is 1. The maximum absolute atomic E-state index is 11.9. The Morgan fingerprint density at radius 3 is 1.55 bits per heavy atom. The highest BCUT2D eigenvalue weighted by Crippen LogP contribution is 2.43. The van der Waals surface area contributed by atoms with Crippen molar-refractivity contribution in [3.05, 3.63) is 0 Å². The third-order valence-corrected chi connectivity index (χ3v) is 7.60. The molecule has 2 atom stereocenters. The summed E-state index contributed by atoms with van der Waals surface area (Å²) in [7, 11) is 1.57. The summed E-state index contributed by atoms with van der Waals surface area (Å²) in [5.74, 6) is -0.369. The molecule has 0 heterocycles. The third kappa shape index (κ3) is 28.5. The van der Waals surface area contributed by atoms with Crippen molar-refractivity contribution < 1.29 is 37.6 Å². The van der Waals surface area contributed by atoms with Crippen LogP contribution in [0.25, 0.3) is 0 Å². The molecule has 0 aromatic carbocycles. The van der Waals surface area contributed by atoms with Crippen LogP contribution in [-0.2, 0) is 23.1 Å². The average Bonchev–Trinajstić information content (AvgIpc) is 2.84. The summed E-state index contributed by atoms with van der Waals surface area (Å²) in [5, 5.41) is 9.85. The fraction of sp³-hybridized carbons (Fsp3) is 0.966. The highest BCUT2D eigenvalue weighted by Gasteiger charge is 2.24. The Kier molecular flexibility index (Phi) is 24.0. The molecular weight excluding hydrogens is 505 g/mol. The van der Waals surface area contributed by atoms with Crippen LogP contribution in [0.4, 0.5) is 0 Å². The zero-order valence-corrected chi connectivity index (χ0v) is 26.1. The van der Waals surface area contributed by atoms with Crippen LogP contribution >= 0.6 is 7.82 Å². The zero-order chi connectivity index (χ0) is 28.5. The van der Waals surface area contributed by atoms with Gasteiger partial charge in [-0.05, 0) is 6.42 Å². The number of hydrogen-bond donors (Lipinski definition) is 2. The Balaban J connectivity index is 3.46. The minimum Gasteiger partial charge on any atom is -0.463 e. The number of esters is 1. The van der Waals surface area contributed by atoms with E-state index in [1.807, 2.05) is 21.1 Å². The SMILES string of the molecule is CCCCCCCCCCCCCCCCCCCCC(=O)OCC(O)COP(=O)(O)OCC[N+](C)(C)C. The maximum Gasteiger partial charge on any atom is 0.472 e. The van der Waals surface area contributed by atoms with Gasteiger partial charge in [-0.25, -0.2) is 4.57 Å². The summed E-state index contributed by atoms with van der Waals surface area (Å²) < 4.78 is 27.1. The highest BCUT2D eigenvalue weighted by molar-refractivity contribution is 7.47. The van der Waals surface area contributed by atoms with Gasteiger partial charge in [0.2, 0.25) is 0 Å². The van der Waals surface area contributed by atoms with Gasteiger partial charge < -0.3 is 19.2 Å². The molecule has 9 heteroatoms. The van der Waals surface area contributed by atoms with Crippen molar-refractivity contribution in [2.75, 3.05) is 47.5 Å². The summed E-state index contributed by atoms with van der Waals surface area (Å²) in [5.41, 5.74) is 0. The minimum absolute atomic E-state index is 0.0573. The molecule has 0 aromatic heterocycles. The Hall–Kier alpha value is -0.500. The fourth-order valence-corrected chi connectivity index (χ4v) is 4.88. The molecule has 0 fully saturated rings. The Labute approximate surface area is 234 Å². The molecule has 0 bridgehead atoms. The van der Waals surface area contributed by atoms with Gasteiger partial charge in [0.15, 0.2) is 0 Å². The number of phosphoric ester groups is 1. The van der Waals surface area contributed by atoms with E-state index in [2.05, 4.69) is 6.92 Å². The summed E-state index contributed by atoms with van der Waals surface area (Å²) >= 11 is 0. The van der Waals surface area contributed by atoms with Crippen molar-refractivity contribution in [3.63, 3.8) is 0 Å². The molecule has 2 unspecified atom stereocenters. The van der Waals surface area contributed by atoms with E-state index in [1.54, 1.807) is 0 Å². The molecule has 0 radical (unpaired) electrons. The van der Waals surface area contributed by atoms with Crippen LogP contribution in [0.1, 0.15) is 129 Å². The predicted octanol–water partition coefficient (Wildman–Crippen LogP) is 7.16. The lowest BCUT2D eigenvalue weighted by molar-refractivity contribution is -0.870. The molecule has 0 amide bonds. The number of carbonyl (C=O) groups excluding carboxylic acids is 1. The number of aliphatic hydroxyl groups excluding tert-OH is 1. The first-order chi connectivity index (χ1) is 18.1. The van der Waals surface area contributed by atoms with Crippen molar-refractivity contribution in [1.29, 1.82) is 0 Å². The van der Waals surface area contributed by atoms with E-state index in [4.69, 9.17) is 13.8 Å². The number of aliphatic hydroxyl groups is 1. The first-order valence-corrected chi connectivity index (χ1v) is 16.8. The van der Waals surface area contributed by atoms with E-state index < -0.39 is 20.5 Å². The zero-order valence-electron chi connectivity index (χ0n) is 25.2.